The molecule has 2 atom stereocenters. The van der Waals surface area contributed by atoms with Gasteiger partial charge in [0.25, 0.3) is 0 Å². The van der Waals surface area contributed by atoms with Gasteiger partial charge in [0, 0.05) is 38.1 Å². The maximum atomic E-state index is 4.54. The van der Waals surface area contributed by atoms with Crippen LogP contribution in [-0.4, -0.2) is 35.2 Å². The Morgan fingerprint density at radius 2 is 2.41 bits per heavy atom. The smallest absolute Gasteiger partial charge is 0.205 e. The molecule has 0 bridgehead atoms. The highest BCUT2D eigenvalue weighted by Crippen LogP contribution is 2.28. The van der Waals surface area contributed by atoms with Crippen molar-refractivity contribution in [3.63, 3.8) is 0 Å². The second kappa shape index (κ2) is 4.69. The minimum Gasteiger partial charge on any atom is -0.340 e. The third kappa shape index (κ3) is 2.06. The molecule has 1 aromatic heterocycles. The van der Waals surface area contributed by atoms with E-state index in [2.05, 4.69) is 32.9 Å². The Labute approximate surface area is 103 Å². The van der Waals surface area contributed by atoms with E-state index in [4.69, 9.17) is 0 Å². The van der Waals surface area contributed by atoms with Crippen molar-refractivity contribution in [2.75, 3.05) is 24.5 Å². The van der Waals surface area contributed by atoms with Crippen LogP contribution in [0.2, 0.25) is 0 Å². The topological polar surface area (TPSA) is 33.1 Å². The maximum absolute atomic E-state index is 4.54. The lowest BCUT2D eigenvalue weighted by atomic mass is 9.94. The van der Waals surface area contributed by atoms with E-state index in [1.165, 1.54) is 38.3 Å². The number of nitrogens with one attached hydrogen (secondary N) is 1. The zero-order valence-corrected chi connectivity index (χ0v) is 10.6. The van der Waals surface area contributed by atoms with E-state index in [1.807, 2.05) is 6.20 Å². The molecule has 2 fully saturated rings. The maximum Gasteiger partial charge on any atom is 0.205 e. The van der Waals surface area contributed by atoms with Crippen LogP contribution in [0, 0.1) is 5.92 Å². The van der Waals surface area contributed by atoms with Crippen molar-refractivity contribution in [2.45, 2.75) is 38.8 Å². The van der Waals surface area contributed by atoms with Gasteiger partial charge in [-0.1, -0.05) is 6.92 Å². The second-order valence-electron chi connectivity index (χ2n) is 5.29. The first-order valence-corrected chi connectivity index (χ1v) is 6.88. The van der Waals surface area contributed by atoms with Crippen molar-refractivity contribution in [3.05, 3.63) is 12.4 Å². The highest BCUT2D eigenvalue weighted by molar-refractivity contribution is 5.34. The zero-order valence-electron chi connectivity index (χ0n) is 10.6. The van der Waals surface area contributed by atoms with Gasteiger partial charge in [-0.3, -0.25) is 0 Å². The van der Waals surface area contributed by atoms with Crippen molar-refractivity contribution in [3.8, 4) is 0 Å². The van der Waals surface area contributed by atoms with Crippen molar-refractivity contribution in [1.29, 1.82) is 0 Å². The van der Waals surface area contributed by atoms with E-state index < -0.39 is 0 Å². The van der Waals surface area contributed by atoms with Gasteiger partial charge >= 0.3 is 0 Å². The molecule has 4 heteroatoms. The summed E-state index contributed by atoms with van der Waals surface area (Å²) in [6.45, 7) is 6.80. The number of hydrogen-bond acceptors (Lipinski definition) is 3. The predicted octanol–water partition coefficient (Wildman–Crippen LogP) is 1.48. The van der Waals surface area contributed by atoms with Gasteiger partial charge in [0.1, 0.15) is 0 Å². The average Bonchev–Trinajstić information content (AvgIpc) is 2.94. The van der Waals surface area contributed by atoms with Crippen LogP contribution in [-0.2, 0) is 6.54 Å². The summed E-state index contributed by atoms with van der Waals surface area (Å²) >= 11 is 0. The lowest BCUT2D eigenvalue weighted by Crippen LogP contribution is -2.40. The molecule has 0 saturated carbocycles. The molecule has 0 aliphatic carbocycles. The van der Waals surface area contributed by atoms with Crippen molar-refractivity contribution in [1.82, 2.24) is 14.9 Å². The van der Waals surface area contributed by atoms with E-state index in [0.717, 1.165) is 19.0 Å². The molecule has 4 nitrogen and oxygen atoms in total. The van der Waals surface area contributed by atoms with Gasteiger partial charge < -0.3 is 14.8 Å². The van der Waals surface area contributed by atoms with E-state index in [1.54, 1.807) is 0 Å². The van der Waals surface area contributed by atoms with Gasteiger partial charge in [0.15, 0.2) is 0 Å². The quantitative estimate of drug-likeness (QED) is 0.860. The lowest BCUT2D eigenvalue weighted by molar-refractivity contribution is 0.340. The minimum absolute atomic E-state index is 0.690. The Bertz CT molecular complexity index is 359. The van der Waals surface area contributed by atoms with Crippen LogP contribution in [0.3, 0.4) is 0 Å². The Balaban J connectivity index is 1.74. The normalized spacial score (nSPS) is 28.4. The number of aromatic nitrogens is 2. The molecule has 1 aromatic rings. The summed E-state index contributed by atoms with van der Waals surface area (Å²) in [5, 5.41) is 3.65. The Hall–Kier alpha value is -1.03. The molecular weight excluding hydrogens is 212 g/mol. The molecule has 0 aromatic carbocycles. The van der Waals surface area contributed by atoms with E-state index >= 15 is 0 Å². The summed E-state index contributed by atoms with van der Waals surface area (Å²) in [5.74, 6) is 2.00. The third-order valence-corrected chi connectivity index (χ3v) is 4.04. The fourth-order valence-corrected chi connectivity index (χ4v) is 3.21. The fourth-order valence-electron chi connectivity index (χ4n) is 3.21. The van der Waals surface area contributed by atoms with Crippen LogP contribution in [0.25, 0.3) is 0 Å². The van der Waals surface area contributed by atoms with Crippen LogP contribution in [0.1, 0.15) is 26.2 Å². The Morgan fingerprint density at radius 3 is 3.24 bits per heavy atom. The van der Waals surface area contributed by atoms with Crippen LogP contribution in [0.15, 0.2) is 12.4 Å². The molecule has 3 heterocycles. The van der Waals surface area contributed by atoms with E-state index in [0.29, 0.717) is 6.04 Å². The molecule has 2 aliphatic rings. The van der Waals surface area contributed by atoms with Crippen molar-refractivity contribution >= 4 is 5.95 Å². The summed E-state index contributed by atoms with van der Waals surface area (Å²) < 4.78 is 2.29. The molecule has 3 rings (SSSR count). The highest BCUT2D eigenvalue weighted by atomic mass is 15.3. The van der Waals surface area contributed by atoms with Gasteiger partial charge in [-0.05, 0) is 31.7 Å². The molecule has 94 valence electrons. The van der Waals surface area contributed by atoms with E-state index in [-0.39, 0.29) is 0 Å². The Kier molecular flexibility index (Phi) is 3.05. The van der Waals surface area contributed by atoms with Crippen LogP contribution < -0.4 is 10.2 Å². The second-order valence-corrected chi connectivity index (χ2v) is 5.29. The molecule has 17 heavy (non-hydrogen) atoms. The summed E-state index contributed by atoms with van der Waals surface area (Å²) in [7, 11) is 0. The molecule has 2 unspecified atom stereocenters. The number of nitrogens with zero attached hydrogens (tertiary/aromatic N) is 3. The van der Waals surface area contributed by atoms with Crippen LogP contribution >= 0.6 is 0 Å². The lowest BCUT2D eigenvalue weighted by Gasteiger charge is -2.24. The number of fused-ring (bicyclic) bond motifs is 1. The number of piperidine rings is 1. The predicted molar refractivity (Wildman–Crippen MR) is 69.2 cm³/mol. The first-order valence-electron chi connectivity index (χ1n) is 6.88. The highest BCUT2D eigenvalue weighted by Gasteiger charge is 2.35. The van der Waals surface area contributed by atoms with Gasteiger partial charge in [0.05, 0.1) is 0 Å². The van der Waals surface area contributed by atoms with E-state index in [9.17, 15) is 0 Å². The van der Waals surface area contributed by atoms with Gasteiger partial charge in [-0.25, -0.2) is 4.98 Å². The monoisotopic (exact) mass is 234 g/mol. The van der Waals surface area contributed by atoms with Gasteiger partial charge in [-0.2, -0.15) is 0 Å². The van der Waals surface area contributed by atoms with Crippen LogP contribution in [0.5, 0.6) is 0 Å². The number of rotatable bonds is 3. The molecule has 0 spiro atoms. The molecule has 0 amide bonds. The molecule has 2 saturated heterocycles. The number of imidazole rings is 1. The first-order chi connectivity index (χ1) is 8.38. The number of hydrogen-bond donors (Lipinski definition) is 1. The van der Waals surface area contributed by atoms with Crippen molar-refractivity contribution < 1.29 is 0 Å². The minimum atomic E-state index is 0.690. The Morgan fingerprint density at radius 1 is 1.47 bits per heavy atom. The SMILES string of the molecule is CCCn1ccnc1N1CC2CCCNC2C1. The third-order valence-electron chi connectivity index (χ3n) is 4.04. The molecule has 0 radical (unpaired) electrons. The van der Waals surface area contributed by atoms with Crippen molar-refractivity contribution in [2.24, 2.45) is 5.92 Å². The van der Waals surface area contributed by atoms with Crippen LogP contribution in [0.4, 0.5) is 5.95 Å². The number of anilines is 1. The summed E-state index contributed by atoms with van der Waals surface area (Å²) in [4.78, 5) is 7.00. The molecule has 1 N–H and O–H groups in total. The largest absolute Gasteiger partial charge is 0.340 e. The molecular formula is C13H22N4. The fraction of sp³-hybridized carbons (Fsp3) is 0.769. The average molecular weight is 234 g/mol. The molecule has 2 aliphatic heterocycles. The summed E-state index contributed by atoms with van der Waals surface area (Å²) in [5.41, 5.74) is 0. The number of aryl methyl sites for hydroxylation is 1. The summed E-state index contributed by atoms with van der Waals surface area (Å²) in [6.07, 6.45) is 7.91. The summed E-state index contributed by atoms with van der Waals surface area (Å²) in [6, 6.07) is 0.690. The zero-order chi connectivity index (χ0) is 11.7. The van der Waals surface area contributed by atoms with Gasteiger partial charge in [-0.15, -0.1) is 0 Å². The standard InChI is InChI=1S/C13H22N4/c1-2-7-16-8-6-15-13(16)17-9-11-4-3-5-14-12(11)10-17/h6,8,11-12,14H,2-5,7,9-10H2,1H3. The van der Waals surface area contributed by atoms with Gasteiger partial charge in [0.2, 0.25) is 5.95 Å². The first kappa shape index (κ1) is 11.1.